The zero-order chi connectivity index (χ0) is 17.4. The van der Waals surface area contributed by atoms with Crippen molar-refractivity contribution in [2.45, 2.75) is 26.0 Å². The van der Waals surface area contributed by atoms with Gasteiger partial charge in [-0.15, -0.1) is 0 Å². The number of carbonyl (C=O) groups excluding carboxylic acids is 1. The molecule has 2 aromatic carbocycles. The molecule has 24 heavy (non-hydrogen) atoms. The van der Waals surface area contributed by atoms with Crippen molar-refractivity contribution in [2.24, 2.45) is 0 Å². The summed E-state index contributed by atoms with van der Waals surface area (Å²) in [6, 6.07) is 17.6. The van der Waals surface area contributed by atoms with Crippen LogP contribution in [0.15, 0.2) is 60.7 Å². The predicted octanol–water partition coefficient (Wildman–Crippen LogP) is 3.34. The van der Waals surface area contributed by atoms with Gasteiger partial charge >= 0.3 is 12.1 Å². The number of benzene rings is 2. The molecule has 0 spiro atoms. The fourth-order valence-corrected chi connectivity index (χ4v) is 2.45. The van der Waals surface area contributed by atoms with E-state index in [1.807, 2.05) is 60.7 Å². The van der Waals surface area contributed by atoms with E-state index in [1.165, 1.54) is 4.90 Å². The summed E-state index contributed by atoms with van der Waals surface area (Å²) in [5, 5.41) is 9.52. The maximum Gasteiger partial charge on any atom is 0.410 e. The van der Waals surface area contributed by atoms with Gasteiger partial charge in [0, 0.05) is 13.0 Å². The molecule has 0 aliphatic heterocycles. The number of nitrogens with zero attached hydrogens (tertiary/aromatic N) is 1. The van der Waals surface area contributed by atoms with Crippen LogP contribution in [-0.4, -0.2) is 34.7 Å². The molecule has 5 nitrogen and oxygen atoms in total. The lowest BCUT2D eigenvalue weighted by molar-refractivity contribution is -0.142. The van der Waals surface area contributed by atoms with Crippen LogP contribution in [0.4, 0.5) is 4.79 Å². The SMILES string of the molecule is CCN(C(=O)OCc1ccccc1)[C@@H](Cc1ccccc1)C(=O)O. The summed E-state index contributed by atoms with van der Waals surface area (Å²) >= 11 is 0. The Morgan fingerprint density at radius 1 is 1.00 bits per heavy atom. The van der Waals surface area contributed by atoms with Crippen LogP contribution in [0.3, 0.4) is 0 Å². The Labute approximate surface area is 141 Å². The Hall–Kier alpha value is -2.82. The largest absolute Gasteiger partial charge is 0.480 e. The lowest BCUT2D eigenvalue weighted by Crippen LogP contribution is -2.46. The number of carbonyl (C=O) groups is 2. The number of ether oxygens (including phenoxy) is 1. The van der Waals surface area contributed by atoms with Crippen LogP contribution in [0.2, 0.25) is 0 Å². The van der Waals surface area contributed by atoms with Crippen molar-refractivity contribution in [1.82, 2.24) is 4.90 Å². The van der Waals surface area contributed by atoms with Gasteiger partial charge in [0.2, 0.25) is 0 Å². The zero-order valence-corrected chi connectivity index (χ0v) is 13.6. The third-order valence-electron chi connectivity index (χ3n) is 3.71. The van der Waals surface area contributed by atoms with E-state index in [1.54, 1.807) is 6.92 Å². The molecule has 0 fully saturated rings. The van der Waals surface area contributed by atoms with Crippen LogP contribution in [0.5, 0.6) is 0 Å². The average Bonchev–Trinajstić information content (AvgIpc) is 2.61. The van der Waals surface area contributed by atoms with Crippen LogP contribution in [0.1, 0.15) is 18.1 Å². The van der Waals surface area contributed by atoms with Crippen LogP contribution in [-0.2, 0) is 22.6 Å². The van der Waals surface area contributed by atoms with Crippen molar-refractivity contribution in [3.8, 4) is 0 Å². The molecule has 0 saturated carbocycles. The molecule has 1 amide bonds. The number of carboxylic acid groups (broad SMARTS) is 1. The first kappa shape index (κ1) is 17.5. The topological polar surface area (TPSA) is 66.8 Å². The van der Waals surface area contributed by atoms with Gasteiger partial charge in [-0.1, -0.05) is 60.7 Å². The van der Waals surface area contributed by atoms with Gasteiger partial charge in [0.1, 0.15) is 12.6 Å². The Balaban J connectivity index is 2.05. The van der Waals surface area contributed by atoms with Crippen LogP contribution < -0.4 is 0 Å². The highest BCUT2D eigenvalue weighted by molar-refractivity contribution is 5.80. The second-order valence-corrected chi connectivity index (χ2v) is 5.37. The standard InChI is InChI=1S/C19H21NO4/c1-2-20(19(23)24-14-16-11-7-4-8-12-16)17(18(21)22)13-15-9-5-3-6-10-15/h3-12,17H,2,13-14H2,1H3,(H,21,22)/t17-/m0/s1. The van der Waals surface area contributed by atoms with Crippen molar-refractivity contribution >= 4 is 12.1 Å². The van der Waals surface area contributed by atoms with Crippen molar-refractivity contribution in [2.75, 3.05) is 6.54 Å². The normalized spacial score (nSPS) is 11.5. The molecule has 1 N–H and O–H groups in total. The molecule has 0 saturated heterocycles. The summed E-state index contributed by atoms with van der Waals surface area (Å²) in [5.41, 5.74) is 1.72. The van der Waals surface area contributed by atoms with Crippen molar-refractivity contribution < 1.29 is 19.4 Å². The molecular formula is C19H21NO4. The molecule has 2 aromatic rings. The van der Waals surface area contributed by atoms with E-state index in [4.69, 9.17) is 4.74 Å². The van der Waals surface area contributed by atoms with Gasteiger partial charge in [-0.2, -0.15) is 0 Å². The molecular weight excluding hydrogens is 306 g/mol. The molecule has 0 bridgehead atoms. The molecule has 0 aliphatic rings. The number of aliphatic carboxylic acids is 1. The maximum absolute atomic E-state index is 12.3. The zero-order valence-electron chi connectivity index (χ0n) is 13.6. The van der Waals surface area contributed by atoms with E-state index in [0.717, 1.165) is 11.1 Å². The fourth-order valence-electron chi connectivity index (χ4n) is 2.45. The molecule has 1 atom stereocenters. The van der Waals surface area contributed by atoms with E-state index >= 15 is 0 Å². The summed E-state index contributed by atoms with van der Waals surface area (Å²) in [4.78, 5) is 25.2. The van der Waals surface area contributed by atoms with Crippen molar-refractivity contribution in [3.63, 3.8) is 0 Å². The van der Waals surface area contributed by atoms with Crippen molar-refractivity contribution in [3.05, 3.63) is 71.8 Å². The summed E-state index contributed by atoms with van der Waals surface area (Å²) in [6.45, 7) is 2.12. The monoisotopic (exact) mass is 327 g/mol. The Morgan fingerprint density at radius 3 is 2.04 bits per heavy atom. The highest BCUT2D eigenvalue weighted by Crippen LogP contribution is 2.12. The number of hydrogen-bond acceptors (Lipinski definition) is 3. The molecule has 126 valence electrons. The summed E-state index contributed by atoms with van der Waals surface area (Å²) in [6.07, 6.45) is -0.380. The first-order valence-corrected chi connectivity index (χ1v) is 7.86. The van der Waals surface area contributed by atoms with Gasteiger partial charge in [-0.3, -0.25) is 4.90 Å². The summed E-state index contributed by atoms with van der Waals surface area (Å²) in [7, 11) is 0. The number of carboxylic acids is 1. The van der Waals surface area contributed by atoms with Gasteiger partial charge in [0.25, 0.3) is 0 Å². The smallest absolute Gasteiger partial charge is 0.410 e. The highest BCUT2D eigenvalue weighted by Gasteiger charge is 2.29. The van der Waals surface area contributed by atoms with Gasteiger partial charge in [0.05, 0.1) is 0 Å². The van der Waals surface area contributed by atoms with E-state index < -0.39 is 18.1 Å². The molecule has 2 rings (SSSR count). The molecule has 0 heterocycles. The van der Waals surface area contributed by atoms with Crippen molar-refractivity contribution in [1.29, 1.82) is 0 Å². The molecule has 0 unspecified atom stereocenters. The van der Waals surface area contributed by atoms with Gasteiger partial charge in [0.15, 0.2) is 0 Å². The average molecular weight is 327 g/mol. The molecule has 5 heteroatoms. The van der Waals surface area contributed by atoms with Gasteiger partial charge in [-0.25, -0.2) is 9.59 Å². The Bertz CT molecular complexity index is 658. The first-order valence-electron chi connectivity index (χ1n) is 7.86. The summed E-state index contributed by atoms with van der Waals surface area (Å²) < 4.78 is 5.27. The van der Waals surface area contributed by atoms with E-state index in [-0.39, 0.29) is 19.6 Å². The Morgan fingerprint density at radius 2 is 1.54 bits per heavy atom. The van der Waals surface area contributed by atoms with E-state index in [2.05, 4.69) is 0 Å². The molecule has 0 aromatic heterocycles. The second kappa shape index (κ2) is 8.72. The van der Waals surface area contributed by atoms with Crippen LogP contribution in [0, 0.1) is 0 Å². The number of likely N-dealkylation sites (N-methyl/N-ethyl adjacent to an activating group) is 1. The highest BCUT2D eigenvalue weighted by atomic mass is 16.6. The fraction of sp³-hybridized carbons (Fsp3) is 0.263. The quantitative estimate of drug-likeness (QED) is 0.847. The minimum absolute atomic E-state index is 0.119. The number of amides is 1. The third kappa shape index (κ3) is 4.84. The number of rotatable bonds is 7. The third-order valence-corrected chi connectivity index (χ3v) is 3.71. The van der Waals surface area contributed by atoms with Crippen LogP contribution in [0.25, 0.3) is 0 Å². The van der Waals surface area contributed by atoms with Gasteiger partial charge in [-0.05, 0) is 18.1 Å². The molecule has 0 aliphatic carbocycles. The minimum atomic E-state index is -1.04. The molecule has 0 radical (unpaired) electrons. The minimum Gasteiger partial charge on any atom is -0.480 e. The first-order chi connectivity index (χ1) is 11.6. The van der Waals surface area contributed by atoms with E-state index in [9.17, 15) is 14.7 Å². The van der Waals surface area contributed by atoms with E-state index in [0.29, 0.717) is 0 Å². The number of hydrogen-bond donors (Lipinski definition) is 1. The second-order valence-electron chi connectivity index (χ2n) is 5.37. The lowest BCUT2D eigenvalue weighted by atomic mass is 10.1. The summed E-state index contributed by atoms with van der Waals surface area (Å²) in [5.74, 6) is -1.04. The predicted molar refractivity (Wildman–Crippen MR) is 90.6 cm³/mol. The van der Waals surface area contributed by atoms with Crippen LogP contribution >= 0.6 is 0 Å². The lowest BCUT2D eigenvalue weighted by Gasteiger charge is -2.27. The Kier molecular flexibility index (Phi) is 6.37. The van der Waals surface area contributed by atoms with Gasteiger partial charge < -0.3 is 9.84 Å². The maximum atomic E-state index is 12.3.